The predicted octanol–water partition coefficient (Wildman–Crippen LogP) is 2.81. The van der Waals surface area contributed by atoms with Crippen LogP contribution >= 0.6 is 15.9 Å². The molecule has 3 aliphatic carbocycles. The highest BCUT2D eigenvalue weighted by atomic mass is 79.9. The Morgan fingerprint density at radius 2 is 1.88 bits per heavy atom. The molecule has 17 heavy (non-hydrogen) atoms. The zero-order chi connectivity index (χ0) is 12.5. The Kier molecular flexibility index (Phi) is 1.94. The third-order valence-corrected chi connectivity index (χ3v) is 4.29. The molecule has 1 heterocycles. The van der Waals surface area contributed by atoms with Crippen molar-refractivity contribution in [1.82, 2.24) is 9.97 Å². The zero-order valence-corrected chi connectivity index (χ0v) is 10.3. The molecule has 0 amide bonds. The summed E-state index contributed by atoms with van der Waals surface area (Å²) in [6, 6.07) is 0. The summed E-state index contributed by atoms with van der Waals surface area (Å²) in [6.07, 6.45) is -2.37. The van der Waals surface area contributed by atoms with Gasteiger partial charge in [-0.15, -0.1) is 0 Å². The van der Waals surface area contributed by atoms with E-state index in [9.17, 15) is 13.2 Å². The number of halogens is 4. The minimum Gasteiger partial charge on any atom is -0.382 e. The van der Waals surface area contributed by atoms with Crippen molar-refractivity contribution >= 4 is 21.7 Å². The van der Waals surface area contributed by atoms with E-state index in [1.165, 1.54) is 6.20 Å². The molecule has 0 unspecified atom stereocenters. The fraction of sp³-hybridized carbons (Fsp3) is 0.600. The summed E-state index contributed by atoms with van der Waals surface area (Å²) in [5.41, 5.74) is 4.23. The van der Waals surface area contributed by atoms with Gasteiger partial charge in [-0.25, -0.2) is 9.97 Å². The molecule has 3 aliphatic rings. The molecule has 0 aliphatic heterocycles. The molecule has 0 saturated heterocycles. The van der Waals surface area contributed by atoms with Crippen LogP contribution < -0.4 is 5.73 Å². The molecule has 2 bridgehead atoms. The van der Waals surface area contributed by atoms with Crippen LogP contribution in [0.4, 0.5) is 19.0 Å². The summed E-state index contributed by atoms with van der Waals surface area (Å²) < 4.78 is 38.6. The van der Waals surface area contributed by atoms with Crippen LogP contribution in [0, 0.1) is 5.41 Å². The molecule has 3 saturated carbocycles. The maximum atomic E-state index is 12.7. The standard InChI is InChI=1S/C10H9BrF3N3/c11-5-1-16-7(15)6(17-5)8-2-9(3-8,4-8)10(12,13)14/h1H,2-4H2,(H2,15,16). The second-order valence-corrected chi connectivity index (χ2v) is 5.83. The SMILES string of the molecule is Nc1ncc(Br)nc1C12CC(C(F)(F)F)(C1)C2. The summed E-state index contributed by atoms with van der Waals surface area (Å²) in [6.45, 7) is 0. The topological polar surface area (TPSA) is 51.8 Å². The van der Waals surface area contributed by atoms with Gasteiger partial charge in [0, 0.05) is 5.41 Å². The first-order valence-electron chi connectivity index (χ1n) is 5.13. The lowest BCUT2D eigenvalue weighted by Crippen LogP contribution is -2.70. The molecular weight excluding hydrogens is 299 g/mol. The van der Waals surface area contributed by atoms with E-state index in [4.69, 9.17) is 5.73 Å². The number of aromatic nitrogens is 2. The van der Waals surface area contributed by atoms with Crippen molar-refractivity contribution in [3.63, 3.8) is 0 Å². The Labute approximate surface area is 104 Å². The summed E-state index contributed by atoms with van der Waals surface area (Å²) >= 11 is 3.16. The van der Waals surface area contributed by atoms with Crippen LogP contribution in [0.2, 0.25) is 0 Å². The van der Waals surface area contributed by atoms with Gasteiger partial charge in [0.2, 0.25) is 0 Å². The van der Waals surface area contributed by atoms with Crippen LogP contribution in [-0.4, -0.2) is 16.1 Å². The highest BCUT2D eigenvalue weighted by Crippen LogP contribution is 2.78. The van der Waals surface area contributed by atoms with Gasteiger partial charge in [0.15, 0.2) is 0 Å². The number of anilines is 1. The monoisotopic (exact) mass is 307 g/mol. The highest BCUT2D eigenvalue weighted by Gasteiger charge is 2.79. The highest BCUT2D eigenvalue weighted by molar-refractivity contribution is 9.10. The number of nitrogen functional groups attached to an aromatic ring is 1. The summed E-state index contributed by atoms with van der Waals surface area (Å²) in [5.74, 6) is 0.240. The fourth-order valence-corrected chi connectivity index (χ4v) is 3.39. The van der Waals surface area contributed by atoms with Crippen molar-refractivity contribution < 1.29 is 13.2 Å². The number of hydrogen-bond donors (Lipinski definition) is 1. The molecule has 1 aromatic rings. The van der Waals surface area contributed by atoms with Gasteiger partial charge < -0.3 is 5.73 Å². The summed E-state index contributed by atoms with van der Waals surface area (Å²) in [7, 11) is 0. The first-order chi connectivity index (χ1) is 7.78. The van der Waals surface area contributed by atoms with Crippen LogP contribution in [0.1, 0.15) is 25.0 Å². The van der Waals surface area contributed by atoms with E-state index in [1.54, 1.807) is 0 Å². The number of nitrogens with zero attached hydrogens (tertiary/aromatic N) is 2. The third-order valence-electron chi connectivity index (χ3n) is 3.91. The third kappa shape index (κ3) is 1.29. The second kappa shape index (κ2) is 2.93. The maximum absolute atomic E-state index is 12.7. The van der Waals surface area contributed by atoms with Crippen LogP contribution in [0.15, 0.2) is 10.8 Å². The Hall–Kier alpha value is -0.850. The normalized spacial score (nSPS) is 35.1. The van der Waals surface area contributed by atoms with Crippen molar-refractivity contribution in [2.75, 3.05) is 5.73 Å². The van der Waals surface area contributed by atoms with E-state index >= 15 is 0 Å². The molecule has 0 aromatic carbocycles. The van der Waals surface area contributed by atoms with Crippen molar-refractivity contribution in [3.05, 3.63) is 16.5 Å². The molecule has 4 rings (SSSR count). The van der Waals surface area contributed by atoms with Gasteiger partial charge in [-0.05, 0) is 35.2 Å². The molecule has 3 fully saturated rings. The minimum atomic E-state index is -4.11. The number of alkyl halides is 3. The van der Waals surface area contributed by atoms with E-state index in [0.717, 1.165) is 0 Å². The largest absolute Gasteiger partial charge is 0.394 e. The molecule has 3 nitrogen and oxygen atoms in total. The summed E-state index contributed by atoms with van der Waals surface area (Å²) in [4.78, 5) is 8.10. The van der Waals surface area contributed by atoms with Gasteiger partial charge in [0.25, 0.3) is 0 Å². The Morgan fingerprint density at radius 3 is 2.41 bits per heavy atom. The molecule has 1 aromatic heterocycles. The van der Waals surface area contributed by atoms with Crippen molar-refractivity contribution in [2.45, 2.75) is 30.9 Å². The van der Waals surface area contributed by atoms with Crippen LogP contribution in [0.3, 0.4) is 0 Å². The predicted molar refractivity (Wildman–Crippen MR) is 58.2 cm³/mol. The van der Waals surface area contributed by atoms with Gasteiger partial charge in [-0.2, -0.15) is 13.2 Å². The lowest BCUT2D eigenvalue weighted by molar-refractivity contribution is -0.337. The van der Waals surface area contributed by atoms with E-state index < -0.39 is 17.0 Å². The lowest BCUT2D eigenvalue weighted by Gasteiger charge is -2.70. The molecule has 0 spiro atoms. The first kappa shape index (κ1) is 11.3. The molecule has 0 radical (unpaired) electrons. The zero-order valence-electron chi connectivity index (χ0n) is 8.68. The molecule has 0 atom stereocenters. The van der Waals surface area contributed by atoms with Gasteiger partial charge in [0.1, 0.15) is 10.4 Å². The van der Waals surface area contributed by atoms with Gasteiger partial charge in [0.05, 0.1) is 17.3 Å². The Morgan fingerprint density at radius 1 is 1.29 bits per heavy atom. The number of nitrogens with two attached hydrogens (primary N) is 1. The average molecular weight is 308 g/mol. The molecule has 2 N–H and O–H groups in total. The summed E-state index contributed by atoms with van der Waals surface area (Å²) in [5, 5.41) is 0. The maximum Gasteiger partial charge on any atom is 0.394 e. The van der Waals surface area contributed by atoms with Gasteiger partial charge in [-0.3, -0.25) is 0 Å². The Bertz CT molecular complexity index is 480. The van der Waals surface area contributed by atoms with Gasteiger partial charge in [-0.1, -0.05) is 0 Å². The average Bonchev–Trinajstić information content (AvgIpc) is 2.03. The quantitative estimate of drug-likeness (QED) is 0.868. The van der Waals surface area contributed by atoms with Crippen LogP contribution in [0.25, 0.3) is 0 Å². The first-order valence-corrected chi connectivity index (χ1v) is 5.93. The van der Waals surface area contributed by atoms with E-state index in [-0.39, 0.29) is 25.1 Å². The van der Waals surface area contributed by atoms with Crippen LogP contribution in [0.5, 0.6) is 0 Å². The van der Waals surface area contributed by atoms with Crippen molar-refractivity contribution in [1.29, 1.82) is 0 Å². The van der Waals surface area contributed by atoms with Crippen LogP contribution in [-0.2, 0) is 5.41 Å². The van der Waals surface area contributed by atoms with Crippen molar-refractivity contribution in [2.24, 2.45) is 5.41 Å². The smallest absolute Gasteiger partial charge is 0.382 e. The van der Waals surface area contributed by atoms with E-state index in [1.807, 2.05) is 0 Å². The number of hydrogen-bond acceptors (Lipinski definition) is 3. The molecule has 7 heteroatoms. The van der Waals surface area contributed by atoms with E-state index in [2.05, 4.69) is 25.9 Å². The minimum absolute atomic E-state index is 0.0961. The molecular formula is C10H9BrF3N3. The second-order valence-electron chi connectivity index (χ2n) is 5.02. The molecule has 92 valence electrons. The number of rotatable bonds is 1. The fourth-order valence-electron chi connectivity index (χ4n) is 3.11. The van der Waals surface area contributed by atoms with E-state index in [0.29, 0.717) is 10.3 Å². The Balaban J connectivity index is 1.89. The lowest BCUT2D eigenvalue weighted by atomic mass is 9.34. The van der Waals surface area contributed by atoms with Gasteiger partial charge >= 0.3 is 6.18 Å². The van der Waals surface area contributed by atoms with Crippen molar-refractivity contribution in [3.8, 4) is 0 Å².